The smallest absolute Gasteiger partial charge is 0.283 e. The van der Waals surface area contributed by atoms with Crippen LogP contribution in [0.1, 0.15) is 42.9 Å². The van der Waals surface area contributed by atoms with E-state index in [1.54, 1.807) is 23.6 Å². The number of nitrogens with zero attached hydrogens (tertiary/aromatic N) is 2. The van der Waals surface area contributed by atoms with Gasteiger partial charge in [0.1, 0.15) is 5.75 Å². The molecule has 0 atom stereocenters. The first-order chi connectivity index (χ1) is 13.5. The number of carbonyl (C=O) groups excluding carboxylic acids is 1. The van der Waals surface area contributed by atoms with Gasteiger partial charge in [-0.2, -0.15) is 4.99 Å². The van der Waals surface area contributed by atoms with E-state index < -0.39 is 15.9 Å². The molecule has 2 aromatic rings. The first kappa shape index (κ1) is 23.6. The van der Waals surface area contributed by atoms with Crippen molar-refractivity contribution < 1.29 is 17.9 Å². The first-order valence-electron chi connectivity index (χ1n) is 9.07. The lowest BCUT2D eigenvalue weighted by molar-refractivity contribution is 0.0995. The first-order valence-corrected chi connectivity index (χ1v) is 11.9. The zero-order valence-electron chi connectivity index (χ0n) is 17.2. The molecule has 0 saturated carbocycles. The van der Waals surface area contributed by atoms with Crippen molar-refractivity contribution >= 4 is 38.9 Å². The molecule has 10 heteroatoms. The minimum atomic E-state index is -3.29. The Morgan fingerprint density at radius 1 is 1.34 bits per heavy atom. The number of sulfonamides is 1. The van der Waals surface area contributed by atoms with E-state index in [1.807, 2.05) is 6.20 Å². The summed E-state index contributed by atoms with van der Waals surface area (Å²) in [6.45, 7) is 8.33. The van der Waals surface area contributed by atoms with E-state index in [4.69, 9.17) is 16.3 Å². The van der Waals surface area contributed by atoms with Gasteiger partial charge in [-0.25, -0.2) is 13.1 Å². The topological polar surface area (TPSA) is 89.8 Å². The van der Waals surface area contributed by atoms with Crippen molar-refractivity contribution in [1.29, 1.82) is 0 Å². The predicted molar refractivity (Wildman–Crippen MR) is 116 cm³/mol. The highest BCUT2D eigenvalue weighted by atomic mass is 35.5. The van der Waals surface area contributed by atoms with Crippen LogP contribution in [0, 0.1) is 0 Å². The summed E-state index contributed by atoms with van der Waals surface area (Å²) in [7, 11) is -1.82. The molecule has 1 amide bonds. The monoisotopic (exact) mass is 459 g/mol. The molecule has 0 aliphatic rings. The van der Waals surface area contributed by atoms with E-state index in [0.29, 0.717) is 22.1 Å². The normalized spacial score (nSPS) is 13.0. The lowest BCUT2D eigenvalue weighted by Gasteiger charge is -2.14. The fourth-order valence-corrected chi connectivity index (χ4v) is 4.24. The minimum absolute atomic E-state index is 0.0127. The van der Waals surface area contributed by atoms with Crippen LogP contribution in [0.15, 0.2) is 29.4 Å². The molecule has 0 saturated heterocycles. The van der Waals surface area contributed by atoms with E-state index in [9.17, 15) is 13.2 Å². The van der Waals surface area contributed by atoms with Crippen LogP contribution in [0.2, 0.25) is 5.02 Å². The Hall–Kier alpha value is -1.68. The van der Waals surface area contributed by atoms with Crippen molar-refractivity contribution in [2.24, 2.45) is 4.99 Å². The van der Waals surface area contributed by atoms with Gasteiger partial charge >= 0.3 is 0 Å². The van der Waals surface area contributed by atoms with Gasteiger partial charge in [0.05, 0.1) is 18.4 Å². The predicted octanol–water partition coefficient (Wildman–Crippen LogP) is 3.19. The zero-order valence-corrected chi connectivity index (χ0v) is 19.5. The van der Waals surface area contributed by atoms with Crippen molar-refractivity contribution in [3.8, 4) is 5.75 Å². The van der Waals surface area contributed by atoms with Gasteiger partial charge < -0.3 is 9.30 Å². The van der Waals surface area contributed by atoms with Gasteiger partial charge in [0.25, 0.3) is 5.91 Å². The third-order valence-electron chi connectivity index (χ3n) is 4.10. The van der Waals surface area contributed by atoms with Crippen molar-refractivity contribution in [2.75, 3.05) is 19.4 Å². The molecule has 160 valence electrons. The summed E-state index contributed by atoms with van der Waals surface area (Å²) in [6.07, 6.45) is 1.91. The summed E-state index contributed by atoms with van der Waals surface area (Å²) in [5.74, 6) is -0.0775. The largest absolute Gasteiger partial charge is 0.496 e. The van der Waals surface area contributed by atoms with Crippen LogP contribution < -0.4 is 14.3 Å². The number of benzene rings is 1. The maximum atomic E-state index is 12.8. The number of amides is 1. The summed E-state index contributed by atoms with van der Waals surface area (Å²) < 4.78 is 32.9. The van der Waals surface area contributed by atoms with Crippen molar-refractivity contribution in [3.63, 3.8) is 0 Å². The lowest BCUT2D eigenvalue weighted by Crippen LogP contribution is -2.30. The van der Waals surface area contributed by atoms with Gasteiger partial charge in [0.2, 0.25) is 10.0 Å². The number of methoxy groups -OCH3 is 1. The quantitative estimate of drug-likeness (QED) is 0.688. The highest BCUT2D eigenvalue weighted by Crippen LogP contribution is 2.25. The Balaban J connectivity index is 2.43. The third-order valence-corrected chi connectivity index (χ3v) is 7.19. The molecule has 0 unspecified atom stereocenters. The molecule has 1 aromatic heterocycles. The summed E-state index contributed by atoms with van der Waals surface area (Å²) >= 11 is 7.42. The van der Waals surface area contributed by atoms with Gasteiger partial charge in [-0.1, -0.05) is 32.4 Å². The minimum Gasteiger partial charge on any atom is -0.496 e. The molecule has 0 aliphatic carbocycles. The molecule has 1 heterocycles. The maximum Gasteiger partial charge on any atom is 0.283 e. The number of aromatic nitrogens is 1. The van der Waals surface area contributed by atoms with Gasteiger partial charge in [-0.3, -0.25) is 4.79 Å². The molecule has 1 N–H and O–H groups in total. The van der Waals surface area contributed by atoms with Gasteiger partial charge in [0.15, 0.2) is 4.80 Å². The van der Waals surface area contributed by atoms with Crippen molar-refractivity contribution in [1.82, 2.24) is 9.29 Å². The Kier molecular flexibility index (Phi) is 7.67. The molecule has 0 radical (unpaired) electrons. The highest BCUT2D eigenvalue weighted by molar-refractivity contribution is 7.89. The molecule has 29 heavy (non-hydrogen) atoms. The van der Waals surface area contributed by atoms with Gasteiger partial charge in [-0.15, -0.1) is 11.3 Å². The fraction of sp³-hybridized carbons (Fsp3) is 0.474. The molecule has 7 nitrogen and oxygen atoms in total. The van der Waals surface area contributed by atoms with E-state index in [0.717, 1.165) is 4.88 Å². The number of hydrogen-bond donors (Lipinski definition) is 1. The number of hydrogen-bond acceptors (Lipinski definition) is 5. The van der Waals surface area contributed by atoms with Gasteiger partial charge in [0, 0.05) is 29.2 Å². The zero-order chi connectivity index (χ0) is 21.8. The average molecular weight is 460 g/mol. The number of rotatable bonds is 7. The van der Waals surface area contributed by atoms with Crippen molar-refractivity contribution in [2.45, 2.75) is 39.7 Å². The van der Waals surface area contributed by atoms with Crippen LogP contribution in [0.25, 0.3) is 0 Å². The van der Waals surface area contributed by atoms with Crippen LogP contribution >= 0.6 is 22.9 Å². The third kappa shape index (κ3) is 6.40. The number of nitrogens with one attached hydrogen (secondary N) is 1. The summed E-state index contributed by atoms with van der Waals surface area (Å²) in [6, 6.07) is 4.78. The van der Waals surface area contributed by atoms with Crippen LogP contribution in [0.3, 0.4) is 0 Å². The molecule has 0 spiro atoms. The standard InChI is InChI=1S/C19H26ClN3O4S2/c1-6-29(25,26)21-9-10-23-12-16(19(2,3)4)28-18(23)22-17(24)14-11-13(20)7-8-15(14)27-5/h7-8,11-12,21H,6,9-10H2,1-5H3. The van der Waals surface area contributed by atoms with Crippen LogP contribution in [-0.4, -0.2) is 38.3 Å². The number of ether oxygens (including phenoxy) is 1. The van der Waals surface area contributed by atoms with Gasteiger partial charge in [-0.05, 0) is 30.5 Å². The van der Waals surface area contributed by atoms with Crippen LogP contribution in [-0.2, 0) is 22.0 Å². The molecular weight excluding hydrogens is 434 g/mol. The second-order valence-corrected chi connectivity index (χ2v) is 10.9. The molecule has 0 bridgehead atoms. The molecule has 0 aliphatic heterocycles. The fourth-order valence-electron chi connectivity index (χ4n) is 2.39. The number of carbonyl (C=O) groups is 1. The Morgan fingerprint density at radius 3 is 2.62 bits per heavy atom. The lowest BCUT2D eigenvalue weighted by atomic mass is 9.95. The second-order valence-electron chi connectivity index (χ2n) is 7.38. The van der Waals surface area contributed by atoms with Crippen molar-refractivity contribution in [3.05, 3.63) is 44.7 Å². The Morgan fingerprint density at radius 2 is 2.03 bits per heavy atom. The van der Waals surface area contributed by atoms with E-state index >= 15 is 0 Å². The van der Waals surface area contributed by atoms with Crippen LogP contribution in [0.5, 0.6) is 5.75 Å². The molecule has 0 fully saturated rings. The summed E-state index contributed by atoms with van der Waals surface area (Å²) in [5.41, 5.74) is 0.129. The van der Waals surface area contributed by atoms with Crippen LogP contribution in [0.4, 0.5) is 0 Å². The maximum absolute atomic E-state index is 12.8. The Labute approximate surface area is 180 Å². The molecule has 1 aromatic carbocycles. The van der Waals surface area contributed by atoms with E-state index in [2.05, 4.69) is 30.5 Å². The SMILES string of the molecule is CCS(=O)(=O)NCCn1cc(C(C)(C)C)sc1=NC(=O)c1cc(Cl)ccc1OC. The average Bonchev–Trinajstić information content (AvgIpc) is 3.04. The molecule has 2 rings (SSSR count). The summed E-state index contributed by atoms with van der Waals surface area (Å²) in [5, 5.41) is 0.410. The Bertz CT molecular complexity index is 1050. The number of thiazole rings is 1. The van der Waals surface area contributed by atoms with E-state index in [1.165, 1.54) is 24.5 Å². The second kappa shape index (κ2) is 9.42. The molecular formula is C19H26ClN3O4S2. The summed E-state index contributed by atoms with van der Waals surface area (Å²) in [4.78, 5) is 18.6. The van der Waals surface area contributed by atoms with E-state index in [-0.39, 0.29) is 23.3 Å². The number of halogens is 1. The highest BCUT2D eigenvalue weighted by Gasteiger charge is 2.19.